The molecule has 1 aromatic carbocycles. The summed E-state index contributed by atoms with van der Waals surface area (Å²) in [5.74, 6) is 0.972. The Morgan fingerprint density at radius 3 is 2.94 bits per heavy atom. The van der Waals surface area contributed by atoms with Gasteiger partial charge in [-0.1, -0.05) is 22.0 Å². The summed E-state index contributed by atoms with van der Waals surface area (Å²) in [6.45, 7) is 5.11. The minimum Gasteiger partial charge on any atom is -0.489 e. The molecule has 1 aromatic rings. The highest BCUT2D eigenvalue weighted by Crippen LogP contribution is 2.24. The van der Waals surface area contributed by atoms with Crippen LogP contribution in [-0.2, 0) is 0 Å². The van der Waals surface area contributed by atoms with Crippen LogP contribution < -0.4 is 10.1 Å². The molecule has 1 aliphatic carbocycles. The number of hydrogen-bond donors (Lipinski definition) is 1. The van der Waals surface area contributed by atoms with Gasteiger partial charge < -0.3 is 10.1 Å². The minimum absolute atomic E-state index is 0.216. The van der Waals surface area contributed by atoms with Gasteiger partial charge in [-0.3, -0.25) is 0 Å². The van der Waals surface area contributed by atoms with E-state index in [4.69, 9.17) is 4.74 Å². The molecular weight excluding hydrogens is 266 g/mol. The van der Waals surface area contributed by atoms with Gasteiger partial charge in [0.1, 0.15) is 11.9 Å². The monoisotopic (exact) mass is 283 g/mol. The van der Waals surface area contributed by atoms with Crippen molar-refractivity contribution in [1.29, 1.82) is 0 Å². The van der Waals surface area contributed by atoms with Crippen LogP contribution >= 0.6 is 15.9 Å². The van der Waals surface area contributed by atoms with Crippen LogP contribution in [0.1, 0.15) is 25.3 Å². The first-order valence-corrected chi connectivity index (χ1v) is 6.60. The summed E-state index contributed by atoms with van der Waals surface area (Å²) in [5, 5.41) is 3.47. The predicted molar refractivity (Wildman–Crippen MR) is 70.0 cm³/mol. The fourth-order valence-electron chi connectivity index (χ4n) is 1.58. The summed E-state index contributed by atoms with van der Waals surface area (Å²) in [5.41, 5.74) is 1.18. The van der Waals surface area contributed by atoms with Crippen molar-refractivity contribution in [1.82, 2.24) is 5.32 Å². The Kier molecular flexibility index (Phi) is 3.87. The van der Waals surface area contributed by atoms with Crippen LogP contribution in [0.25, 0.3) is 0 Å². The molecule has 88 valence electrons. The lowest BCUT2D eigenvalue weighted by Crippen LogP contribution is -2.30. The molecule has 0 spiro atoms. The van der Waals surface area contributed by atoms with Crippen molar-refractivity contribution >= 4 is 15.9 Å². The third-order valence-corrected chi connectivity index (χ3v) is 3.24. The molecule has 2 rings (SSSR count). The molecule has 0 radical (unpaired) electrons. The van der Waals surface area contributed by atoms with Crippen LogP contribution in [0, 0.1) is 6.92 Å². The number of benzene rings is 1. The van der Waals surface area contributed by atoms with Gasteiger partial charge in [0.05, 0.1) is 0 Å². The lowest BCUT2D eigenvalue weighted by atomic mass is 10.2. The van der Waals surface area contributed by atoms with E-state index in [1.54, 1.807) is 0 Å². The molecular formula is C13H18BrNO. The zero-order chi connectivity index (χ0) is 11.5. The van der Waals surface area contributed by atoms with Gasteiger partial charge in [0, 0.05) is 17.1 Å². The average molecular weight is 284 g/mol. The summed E-state index contributed by atoms with van der Waals surface area (Å²) < 4.78 is 6.98. The molecule has 1 saturated carbocycles. The SMILES string of the molecule is Cc1ccc(Br)cc1OC(C)CNC1CC1. The highest BCUT2D eigenvalue weighted by atomic mass is 79.9. The third kappa shape index (κ3) is 3.49. The summed E-state index contributed by atoms with van der Waals surface area (Å²) >= 11 is 3.46. The fourth-order valence-corrected chi connectivity index (χ4v) is 1.92. The zero-order valence-corrected chi connectivity index (χ0v) is 11.4. The van der Waals surface area contributed by atoms with E-state index in [0.29, 0.717) is 0 Å². The quantitative estimate of drug-likeness (QED) is 0.896. The molecule has 0 amide bonds. The van der Waals surface area contributed by atoms with E-state index in [1.165, 1.54) is 18.4 Å². The average Bonchev–Trinajstić information content (AvgIpc) is 3.04. The first-order valence-electron chi connectivity index (χ1n) is 5.81. The molecule has 0 aliphatic heterocycles. The van der Waals surface area contributed by atoms with Crippen LogP contribution in [0.2, 0.25) is 0 Å². The second-order valence-electron chi connectivity index (χ2n) is 4.52. The number of ether oxygens (including phenoxy) is 1. The molecule has 0 heterocycles. The van der Waals surface area contributed by atoms with Crippen molar-refractivity contribution in [2.24, 2.45) is 0 Å². The lowest BCUT2D eigenvalue weighted by Gasteiger charge is -2.17. The maximum Gasteiger partial charge on any atom is 0.123 e. The Hall–Kier alpha value is -0.540. The summed E-state index contributed by atoms with van der Waals surface area (Å²) in [6.07, 6.45) is 2.86. The fraction of sp³-hybridized carbons (Fsp3) is 0.538. The molecule has 0 saturated heterocycles. The Morgan fingerprint density at radius 2 is 2.25 bits per heavy atom. The van der Waals surface area contributed by atoms with E-state index in [1.807, 2.05) is 12.1 Å². The Balaban J connectivity index is 1.88. The molecule has 0 bridgehead atoms. The summed E-state index contributed by atoms with van der Waals surface area (Å²) in [7, 11) is 0. The predicted octanol–water partition coefficient (Wildman–Crippen LogP) is 3.28. The highest BCUT2D eigenvalue weighted by molar-refractivity contribution is 9.10. The molecule has 1 fully saturated rings. The van der Waals surface area contributed by atoms with Crippen molar-refractivity contribution in [3.05, 3.63) is 28.2 Å². The van der Waals surface area contributed by atoms with Crippen LogP contribution in [-0.4, -0.2) is 18.7 Å². The Morgan fingerprint density at radius 1 is 1.50 bits per heavy atom. The van der Waals surface area contributed by atoms with Crippen molar-refractivity contribution in [2.45, 2.75) is 38.8 Å². The smallest absolute Gasteiger partial charge is 0.123 e. The van der Waals surface area contributed by atoms with Gasteiger partial charge in [-0.15, -0.1) is 0 Å². The van der Waals surface area contributed by atoms with E-state index < -0.39 is 0 Å². The molecule has 1 aliphatic rings. The third-order valence-electron chi connectivity index (χ3n) is 2.75. The lowest BCUT2D eigenvalue weighted by molar-refractivity contribution is 0.215. The second-order valence-corrected chi connectivity index (χ2v) is 5.44. The van der Waals surface area contributed by atoms with Crippen molar-refractivity contribution in [3.63, 3.8) is 0 Å². The maximum absolute atomic E-state index is 5.91. The number of halogens is 1. The van der Waals surface area contributed by atoms with Gasteiger partial charge in [-0.25, -0.2) is 0 Å². The van der Waals surface area contributed by atoms with E-state index in [-0.39, 0.29) is 6.10 Å². The van der Waals surface area contributed by atoms with E-state index in [2.05, 4.69) is 41.2 Å². The van der Waals surface area contributed by atoms with Crippen molar-refractivity contribution in [3.8, 4) is 5.75 Å². The van der Waals surface area contributed by atoms with Crippen molar-refractivity contribution in [2.75, 3.05) is 6.54 Å². The van der Waals surface area contributed by atoms with E-state index in [0.717, 1.165) is 22.8 Å². The van der Waals surface area contributed by atoms with Gasteiger partial charge in [-0.05, 0) is 44.4 Å². The summed E-state index contributed by atoms with van der Waals surface area (Å²) in [6, 6.07) is 6.88. The Bertz CT molecular complexity index is 363. The number of aryl methyl sites for hydroxylation is 1. The first kappa shape index (κ1) is 11.9. The molecule has 1 unspecified atom stereocenters. The number of nitrogens with one attached hydrogen (secondary N) is 1. The van der Waals surface area contributed by atoms with E-state index >= 15 is 0 Å². The van der Waals surface area contributed by atoms with Gasteiger partial charge in [0.2, 0.25) is 0 Å². The second kappa shape index (κ2) is 5.19. The van der Waals surface area contributed by atoms with Gasteiger partial charge in [0.15, 0.2) is 0 Å². The standard InChI is InChI=1S/C13H18BrNO/c1-9-3-4-11(14)7-13(9)16-10(2)8-15-12-5-6-12/h3-4,7,10,12,15H,5-6,8H2,1-2H3. The number of rotatable bonds is 5. The minimum atomic E-state index is 0.216. The van der Waals surface area contributed by atoms with Gasteiger partial charge >= 0.3 is 0 Å². The topological polar surface area (TPSA) is 21.3 Å². The van der Waals surface area contributed by atoms with Crippen LogP contribution in [0.15, 0.2) is 22.7 Å². The maximum atomic E-state index is 5.91. The Labute approximate surface area is 106 Å². The molecule has 16 heavy (non-hydrogen) atoms. The molecule has 1 atom stereocenters. The molecule has 3 heteroatoms. The van der Waals surface area contributed by atoms with Gasteiger partial charge in [0.25, 0.3) is 0 Å². The number of hydrogen-bond acceptors (Lipinski definition) is 2. The van der Waals surface area contributed by atoms with E-state index in [9.17, 15) is 0 Å². The zero-order valence-electron chi connectivity index (χ0n) is 9.79. The first-order chi connectivity index (χ1) is 7.65. The van der Waals surface area contributed by atoms with Crippen LogP contribution in [0.4, 0.5) is 0 Å². The van der Waals surface area contributed by atoms with Crippen molar-refractivity contribution < 1.29 is 4.74 Å². The van der Waals surface area contributed by atoms with Gasteiger partial charge in [-0.2, -0.15) is 0 Å². The molecule has 0 aromatic heterocycles. The summed E-state index contributed by atoms with van der Waals surface area (Å²) in [4.78, 5) is 0. The normalized spacial score (nSPS) is 17.2. The van der Waals surface area contributed by atoms with Crippen LogP contribution in [0.3, 0.4) is 0 Å². The molecule has 2 nitrogen and oxygen atoms in total. The van der Waals surface area contributed by atoms with Crippen LogP contribution in [0.5, 0.6) is 5.75 Å². The molecule has 1 N–H and O–H groups in total. The largest absolute Gasteiger partial charge is 0.489 e. The highest BCUT2D eigenvalue weighted by Gasteiger charge is 2.21.